The Morgan fingerprint density at radius 3 is 2.25 bits per heavy atom. The number of nitrogens with two attached hydrogens (primary N) is 1. The molecular formula is C8H21NO2Si. The fraction of sp³-hybridized carbons (Fsp3) is 1.00. The summed E-state index contributed by atoms with van der Waals surface area (Å²) in [6, 6.07) is 0.431. The van der Waals surface area contributed by atoms with Crippen molar-refractivity contribution in [1.82, 2.24) is 0 Å². The quantitative estimate of drug-likeness (QED) is 0.431. The summed E-state index contributed by atoms with van der Waals surface area (Å²) in [6.45, 7) is 3.90. The summed E-state index contributed by atoms with van der Waals surface area (Å²) in [6.07, 6.45) is 4.03. The normalized spacial score (nSPS) is 14.8. The van der Waals surface area contributed by atoms with Gasteiger partial charge in [0.2, 0.25) is 0 Å². The van der Waals surface area contributed by atoms with Crippen LogP contribution < -0.4 is 5.73 Å². The second-order valence-corrected chi connectivity index (χ2v) is 6.54. The second-order valence-electron chi connectivity index (χ2n) is 3.33. The molecule has 0 aromatic heterocycles. The predicted octanol–water partition coefficient (Wildman–Crippen LogP) is 0.880. The van der Waals surface area contributed by atoms with Crippen molar-refractivity contribution >= 4 is 8.56 Å². The minimum atomic E-state index is -3.05. The minimum Gasteiger partial charge on any atom is -0.410 e. The van der Waals surface area contributed by atoms with Gasteiger partial charge >= 0.3 is 8.56 Å². The van der Waals surface area contributed by atoms with Crippen LogP contribution in [0.4, 0.5) is 0 Å². The highest BCUT2D eigenvalue weighted by atomic mass is 28.4. The van der Waals surface area contributed by atoms with Gasteiger partial charge in [0.05, 0.1) is 0 Å². The van der Waals surface area contributed by atoms with Crippen LogP contribution in [0.2, 0.25) is 6.04 Å². The lowest BCUT2D eigenvalue weighted by molar-refractivity contribution is 0.334. The van der Waals surface area contributed by atoms with Crippen molar-refractivity contribution < 1.29 is 9.59 Å². The lowest BCUT2D eigenvalue weighted by atomic mass is 10.2. The lowest BCUT2D eigenvalue weighted by Crippen LogP contribution is -2.52. The molecule has 4 heteroatoms. The van der Waals surface area contributed by atoms with E-state index in [9.17, 15) is 9.59 Å². The molecule has 0 bridgehead atoms. The zero-order valence-corrected chi connectivity index (χ0v) is 9.08. The standard InChI is InChI=1S/C8H21NO2Si/c1-3-5-6-7-8(9)12(10,11)4-2/h8,10-11H,3-7,9H2,1-2H3. The molecule has 0 aromatic rings. The molecule has 1 atom stereocenters. The zero-order valence-electron chi connectivity index (χ0n) is 8.08. The molecule has 0 aliphatic carbocycles. The molecule has 0 aliphatic heterocycles. The molecule has 4 N–H and O–H groups in total. The Morgan fingerprint density at radius 2 is 1.83 bits per heavy atom. The Morgan fingerprint density at radius 1 is 1.25 bits per heavy atom. The molecule has 0 aromatic carbocycles. The van der Waals surface area contributed by atoms with Gasteiger partial charge in [-0.3, -0.25) is 0 Å². The maximum Gasteiger partial charge on any atom is 0.349 e. The summed E-state index contributed by atoms with van der Waals surface area (Å²) < 4.78 is 0. The van der Waals surface area contributed by atoms with E-state index in [4.69, 9.17) is 5.73 Å². The molecule has 0 spiro atoms. The molecule has 0 aliphatic rings. The van der Waals surface area contributed by atoms with Gasteiger partial charge in [0.25, 0.3) is 0 Å². The third-order valence-corrected chi connectivity index (χ3v) is 4.75. The first-order valence-corrected chi connectivity index (χ1v) is 6.92. The molecule has 0 saturated carbocycles. The molecule has 1 unspecified atom stereocenters. The first-order chi connectivity index (χ1) is 5.54. The van der Waals surface area contributed by atoms with Crippen LogP contribution in [-0.4, -0.2) is 23.8 Å². The van der Waals surface area contributed by atoms with E-state index in [0.29, 0.717) is 6.04 Å². The van der Waals surface area contributed by atoms with Crippen molar-refractivity contribution in [2.75, 3.05) is 0 Å². The smallest absolute Gasteiger partial charge is 0.349 e. The molecule has 0 heterocycles. The fourth-order valence-corrected chi connectivity index (χ4v) is 2.30. The Kier molecular flexibility index (Phi) is 5.74. The topological polar surface area (TPSA) is 66.5 Å². The predicted molar refractivity (Wildman–Crippen MR) is 52.8 cm³/mol. The molecule has 74 valence electrons. The van der Waals surface area contributed by atoms with Crippen molar-refractivity contribution in [2.45, 2.75) is 51.2 Å². The molecular weight excluding hydrogens is 170 g/mol. The number of hydrogen-bond donors (Lipinski definition) is 3. The number of unbranched alkanes of at least 4 members (excludes halogenated alkanes) is 2. The van der Waals surface area contributed by atoms with Crippen LogP contribution in [0.1, 0.15) is 39.5 Å². The second kappa shape index (κ2) is 5.69. The van der Waals surface area contributed by atoms with Crippen LogP contribution >= 0.6 is 0 Å². The van der Waals surface area contributed by atoms with E-state index in [1.807, 2.05) is 0 Å². The van der Waals surface area contributed by atoms with E-state index in [2.05, 4.69) is 6.92 Å². The van der Waals surface area contributed by atoms with Gasteiger partial charge in [-0.25, -0.2) is 0 Å². The maximum absolute atomic E-state index is 9.46. The third kappa shape index (κ3) is 4.20. The highest BCUT2D eigenvalue weighted by molar-refractivity contribution is 6.66. The van der Waals surface area contributed by atoms with Gasteiger partial charge in [0.15, 0.2) is 0 Å². The highest BCUT2D eigenvalue weighted by Crippen LogP contribution is 2.11. The summed E-state index contributed by atoms with van der Waals surface area (Å²) in [5.41, 5.74) is 5.30. The highest BCUT2D eigenvalue weighted by Gasteiger charge is 2.34. The Balaban J connectivity index is 3.63. The van der Waals surface area contributed by atoms with E-state index in [1.165, 1.54) is 0 Å². The van der Waals surface area contributed by atoms with E-state index < -0.39 is 8.56 Å². The molecule has 0 fully saturated rings. The van der Waals surface area contributed by atoms with Crippen LogP contribution in [0, 0.1) is 0 Å². The van der Waals surface area contributed by atoms with E-state index in [0.717, 1.165) is 25.7 Å². The fourth-order valence-electron chi connectivity index (χ4n) is 1.11. The largest absolute Gasteiger partial charge is 0.410 e. The van der Waals surface area contributed by atoms with Gasteiger partial charge in [0, 0.05) is 5.67 Å². The Labute approximate surface area is 75.8 Å². The van der Waals surface area contributed by atoms with Gasteiger partial charge in [-0.1, -0.05) is 33.1 Å². The van der Waals surface area contributed by atoms with Gasteiger partial charge in [-0.15, -0.1) is 0 Å². The van der Waals surface area contributed by atoms with Crippen LogP contribution in [0.25, 0.3) is 0 Å². The van der Waals surface area contributed by atoms with Crippen LogP contribution in [0.3, 0.4) is 0 Å². The van der Waals surface area contributed by atoms with Crippen LogP contribution in [-0.2, 0) is 0 Å². The summed E-state index contributed by atoms with van der Waals surface area (Å²) in [5, 5.41) is 0. The Hall–Kier alpha value is 0.0969. The van der Waals surface area contributed by atoms with E-state index >= 15 is 0 Å². The monoisotopic (exact) mass is 191 g/mol. The summed E-state index contributed by atoms with van der Waals surface area (Å²) in [4.78, 5) is 18.9. The van der Waals surface area contributed by atoms with Gasteiger partial charge in [-0.2, -0.15) is 0 Å². The van der Waals surface area contributed by atoms with E-state index in [-0.39, 0.29) is 5.67 Å². The third-order valence-electron chi connectivity index (χ3n) is 2.23. The number of hydrogen-bond acceptors (Lipinski definition) is 3. The van der Waals surface area contributed by atoms with Crippen molar-refractivity contribution in [2.24, 2.45) is 5.73 Å². The lowest BCUT2D eigenvalue weighted by Gasteiger charge is -2.23. The van der Waals surface area contributed by atoms with Crippen molar-refractivity contribution in [3.8, 4) is 0 Å². The van der Waals surface area contributed by atoms with Gasteiger partial charge in [0.1, 0.15) is 0 Å². The summed E-state index contributed by atoms with van der Waals surface area (Å²) in [7, 11) is -3.05. The van der Waals surface area contributed by atoms with Crippen molar-refractivity contribution in [1.29, 1.82) is 0 Å². The molecule has 0 radical (unpaired) electrons. The average Bonchev–Trinajstić information content (AvgIpc) is 2.05. The van der Waals surface area contributed by atoms with Crippen molar-refractivity contribution in [3.05, 3.63) is 0 Å². The number of rotatable bonds is 6. The molecule has 0 rings (SSSR count). The molecule has 3 nitrogen and oxygen atoms in total. The first-order valence-electron chi connectivity index (χ1n) is 4.75. The van der Waals surface area contributed by atoms with Gasteiger partial charge in [-0.05, 0) is 12.5 Å². The van der Waals surface area contributed by atoms with Crippen LogP contribution in [0.15, 0.2) is 0 Å². The molecule has 12 heavy (non-hydrogen) atoms. The van der Waals surface area contributed by atoms with E-state index in [1.54, 1.807) is 6.92 Å². The Bertz CT molecular complexity index is 120. The average molecular weight is 191 g/mol. The summed E-state index contributed by atoms with van der Waals surface area (Å²) in [5.74, 6) is 0. The first kappa shape index (κ1) is 12.1. The van der Waals surface area contributed by atoms with Crippen LogP contribution in [0.5, 0.6) is 0 Å². The molecule has 0 saturated heterocycles. The summed E-state index contributed by atoms with van der Waals surface area (Å²) >= 11 is 0. The van der Waals surface area contributed by atoms with Crippen molar-refractivity contribution in [3.63, 3.8) is 0 Å². The molecule has 0 amide bonds. The minimum absolute atomic E-state index is 0.367. The SMILES string of the molecule is CCCCCC(N)[Si](O)(O)CC. The van der Waals surface area contributed by atoms with Gasteiger partial charge < -0.3 is 15.3 Å². The zero-order chi connectivity index (χ0) is 9.61. The maximum atomic E-state index is 9.46.